The van der Waals surface area contributed by atoms with Crippen LogP contribution in [0.5, 0.6) is 0 Å². The lowest BCUT2D eigenvalue weighted by Crippen LogP contribution is -2.23. The van der Waals surface area contributed by atoms with E-state index in [1.807, 2.05) is 18.2 Å². The van der Waals surface area contributed by atoms with Crippen LogP contribution in [0.15, 0.2) is 52.8 Å². The number of hydrogen-bond donors (Lipinski definition) is 1. The standard InChI is InChI=1S/C17H21N3O3S2/c21-25(22,11-10-23-13-14-4-3-5-14)20-15-7-9-19-17(12-15)24-16-6-1-2-8-18-16/h1-2,6-9,12,14H,3-5,10-11,13H2,(H,19,20). The van der Waals surface area contributed by atoms with Crippen molar-refractivity contribution >= 4 is 27.5 Å². The van der Waals surface area contributed by atoms with Crippen molar-refractivity contribution in [1.82, 2.24) is 9.97 Å². The topological polar surface area (TPSA) is 81.2 Å². The maximum absolute atomic E-state index is 12.2. The highest BCUT2D eigenvalue weighted by atomic mass is 32.2. The summed E-state index contributed by atoms with van der Waals surface area (Å²) in [6, 6.07) is 8.95. The molecule has 2 aromatic rings. The predicted octanol–water partition coefficient (Wildman–Crippen LogP) is 3.19. The number of aromatic nitrogens is 2. The van der Waals surface area contributed by atoms with Gasteiger partial charge in [-0.3, -0.25) is 4.72 Å². The molecule has 1 saturated carbocycles. The Morgan fingerprint density at radius 1 is 1.16 bits per heavy atom. The Bertz CT molecular complexity index is 781. The Balaban J connectivity index is 1.51. The first-order chi connectivity index (χ1) is 12.1. The molecule has 0 unspecified atom stereocenters. The molecule has 0 aliphatic heterocycles. The SMILES string of the molecule is O=S(=O)(CCOCC1CCC1)Nc1ccnc(Sc2ccccn2)c1. The Morgan fingerprint density at radius 2 is 2.00 bits per heavy atom. The number of rotatable bonds is 9. The van der Waals surface area contributed by atoms with Crippen molar-refractivity contribution in [3.05, 3.63) is 42.7 Å². The maximum Gasteiger partial charge on any atom is 0.235 e. The second-order valence-electron chi connectivity index (χ2n) is 5.95. The van der Waals surface area contributed by atoms with Crippen molar-refractivity contribution in [3.63, 3.8) is 0 Å². The summed E-state index contributed by atoms with van der Waals surface area (Å²) in [6.07, 6.45) is 6.93. The lowest BCUT2D eigenvalue weighted by molar-refractivity contribution is 0.0800. The summed E-state index contributed by atoms with van der Waals surface area (Å²) in [4.78, 5) is 8.46. The minimum Gasteiger partial charge on any atom is -0.380 e. The van der Waals surface area contributed by atoms with Crippen LogP contribution < -0.4 is 4.72 Å². The van der Waals surface area contributed by atoms with E-state index < -0.39 is 10.0 Å². The lowest BCUT2D eigenvalue weighted by Gasteiger charge is -2.24. The van der Waals surface area contributed by atoms with Crippen LogP contribution in [0.4, 0.5) is 5.69 Å². The molecule has 2 heterocycles. The molecule has 8 heteroatoms. The summed E-state index contributed by atoms with van der Waals surface area (Å²) in [6.45, 7) is 0.877. The van der Waals surface area contributed by atoms with Gasteiger partial charge in [0.05, 0.1) is 18.0 Å². The van der Waals surface area contributed by atoms with E-state index in [-0.39, 0.29) is 12.4 Å². The maximum atomic E-state index is 12.2. The third-order valence-corrected chi connectivity index (χ3v) is 6.06. The molecule has 0 saturated heterocycles. The van der Waals surface area contributed by atoms with Crippen LogP contribution in [0.25, 0.3) is 0 Å². The van der Waals surface area contributed by atoms with E-state index in [9.17, 15) is 8.42 Å². The van der Waals surface area contributed by atoms with Gasteiger partial charge < -0.3 is 4.74 Å². The summed E-state index contributed by atoms with van der Waals surface area (Å²) in [5.74, 6) is 0.562. The zero-order valence-corrected chi connectivity index (χ0v) is 15.4. The van der Waals surface area contributed by atoms with Crippen LogP contribution in [0, 0.1) is 5.92 Å². The van der Waals surface area contributed by atoms with E-state index in [1.54, 1.807) is 24.5 Å². The van der Waals surface area contributed by atoms with Gasteiger partial charge in [-0.05, 0) is 43.0 Å². The van der Waals surface area contributed by atoms with Gasteiger partial charge in [-0.2, -0.15) is 0 Å². The summed E-state index contributed by atoms with van der Waals surface area (Å²) >= 11 is 1.38. The van der Waals surface area contributed by atoms with E-state index in [4.69, 9.17) is 4.74 Å². The van der Waals surface area contributed by atoms with Crippen LogP contribution in [0.3, 0.4) is 0 Å². The van der Waals surface area contributed by atoms with Crippen LogP contribution in [0.1, 0.15) is 19.3 Å². The average molecular weight is 380 g/mol. The van der Waals surface area contributed by atoms with Crippen LogP contribution >= 0.6 is 11.8 Å². The summed E-state index contributed by atoms with van der Waals surface area (Å²) in [5.41, 5.74) is 0.493. The Hall–Kier alpha value is -1.64. The van der Waals surface area contributed by atoms with Crippen molar-refractivity contribution in [2.75, 3.05) is 23.7 Å². The quantitative estimate of drug-likeness (QED) is 0.674. The number of nitrogens with one attached hydrogen (secondary N) is 1. The van der Waals surface area contributed by atoms with Gasteiger partial charge in [0.2, 0.25) is 10.0 Å². The van der Waals surface area contributed by atoms with Gasteiger partial charge in [-0.25, -0.2) is 18.4 Å². The van der Waals surface area contributed by atoms with Crippen LogP contribution in [-0.4, -0.2) is 37.4 Å². The molecular formula is C17H21N3O3S2. The highest BCUT2D eigenvalue weighted by Gasteiger charge is 2.18. The van der Waals surface area contributed by atoms with Gasteiger partial charge in [0.25, 0.3) is 0 Å². The second kappa shape index (κ2) is 8.64. The number of hydrogen-bond acceptors (Lipinski definition) is 6. The third-order valence-electron chi connectivity index (χ3n) is 3.93. The second-order valence-corrected chi connectivity index (χ2v) is 8.83. The first-order valence-electron chi connectivity index (χ1n) is 8.24. The van der Waals surface area contributed by atoms with Gasteiger partial charge >= 0.3 is 0 Å². The highest BCUT2D eigenvalue weighted by Crippen LogP contribution is 2.27. The number of sulfonamides is 1. The van der Waals surface area contributed by atoms with Crippen LogP contribution in [0.2, 0.25) is 0 Å². The molecule has 1 aliphatic carbocycles. The Kier molecular flexibility index (Phi) is 6.28. The smallest absolute Gasteiger partial charge is 0.235 e. The summed E-state index contributed by atoms with van der Waals surface area (Å²) < 4.78 is 32.4. The largest absolute Gasteiger partial charge is 0.380 e. The molecule has 1 N–H and O–H groups in total. The predicted molar refractivity (Wildman–Crippen MR) is 98.2 cm³/mol. The third kappa shape index (κ3) is 5.98. The van der Waals surface area contributed by atoms with Gasteiger partial charge in [0.15, 0.2) is 0 Å². The Morgan fingerprint density at radius 3 is 2.72 bits per heavy atom. The average Bonchev–Trinajstić information content (AvgIpc) is 2.54. The fourth-order valence-electron chi connectivity index (χ4n) is 2.35. The first-order valence-corrected chi connectivity index (χ1v) is 10.7. The summed E-state index contributed by atoms with van der Waals surface area (Å²) in [7, 11) is -3.44. The van der Waals surface area contributed by atoms with Crippen molar-refractivity contribution in [1.29, 1.82) is 0 Å². The molecule has 0 aromatic carbocycles. The molecule has 2 aromatic heterocycles. The molecule has 1 aliphatic rings. The normalized spacial score (nSPS) is 14.9. The number of anilines is 1. The zero-order chi connectivity index (χ0) is 17.5. The van der Waals surface area contributed by atoms with Crippen molar-refractivity contribution in [3.8, 4) is 0 Å². The van der Waals surface area contributed by atoms with E-state index >= 15 is 0 Å². The van der Waals surface area contributed by atoms with Gasteiger partial charge in [-0.15, -0.1) is 0 Å². The van der Waals surface area contributed by atoms with E-state index in [0.29, 0.717) is 23.2 Å². The molecule has 25 heavy (non-hydrogen) atoms. The fraction of sp³-hybridized carbons (Fsp3) is 0.412. The fourth-order valence-corrected chi connectivity index (χ4v) is 4.05. The monoisotopic (exact) mass is 379 g/mol. The molecule has 1 fully saturated rings. The first kappa shape index (κ1) is 18.2. The minimum atomic E-state index is -3.44. The molecule has 0 amide bonds. The molecule has 0 spiro atoms. The van der Waals surface area contributed by atoms with Gasteiger partial charge in [0, 0.05) is 19.0 Å². The molecule has 6 nitrogen and oxygen atoms in total. The van der Waals surface area contributed by atoms with E-state index in [0.717, 1.165) is 5.03 Å². The molecule has 0 atom stereocenters. The number of ether oxygens (including phenoxy) is 1. The van der Waals surface area contributed by atoms with Crippen molar-refractivity contribution in [2.24, 2.45) is 5.92 Å². The van der Waals surface area contributed by atoms with Crippen molar-refractivity contribution < 1.29 is 13.2 Å². The lowest BCUT2D eigenvalue weighted by atomic mass is 9.86. The van der Waals surface area contributed by atoms with Crippen LogP contribution in [-0.2, 0) is 14.8 Å². The number of pyridine rings is 2. The minimum absolute atomic E-state index is 0.0508. The van der Waals surface area contributed by atoms with Gasteiger partial charge in [-0.1, -0.05) is 24.2 Å². The van der Waals surface area contributed by atoms with Gasteiger partial charge in [0.1, 0.15) is 10.1 Å². The Labute approximate surface area is 152 Å². The molecule has 0 radical (unpaired) electrons. The molecule has 3 rings (SSSR count). The number of nitrogens with zero attached hydrogens (tertiary/aromatic N) is 2. The molecule has 134 valence electrons. The molecule has 0 bridgehead atoms. The van der Waals surface area contributed by atoms with E-state index in [2.05, 4.69) is 14.7 Å². The van der Waals surface area contributed by atoms with E-state index in [1.165, 1.54) is 31.0 Å². The molecular weight excluding hydrogens is 358 g/mol. The van der Waals surface area contributed by atoms with Crippen molar-refractivity contribution in [2.45, 2.75) is 29.3 Å². The highest BCUT2D eigenvalue weighted by molar-refractivity contribution is 7.99. The zero-order valence-electron chi connectivity index (χ0n) is 13.8. The summed E-state index contributed by atoms with van der Waals surface area (Å²) in [5, 5.41) is 1.49.